The van der Waals surface area contributed by atoms with Gasteiger partial charge in [-0.1, -0.05) is 12.1 Å². The summed E-state index contributed by atoms with van der Waals surface area (Å²) in [5.41, 5.74) is 1.77. The van der Waals surface area contributed by atoms with Crippen molar-refractivity contribution in [1.29, 1.82) is 0 Å². The van der Waals surface area contributed by atoms with Crippen LogP contribution in [0.1, 0.15) is 0 Å². The van der Waals surface area contributed by atoms with Gasteiger partial charge in [-0.05, 0) is 35.7 Å². The summed E-state index contributed by atoms with van der Waals surface area (Å²) in [5, 5.41) is 5.24. The molecule has 0 saturated heterocycles. The van der Waals surface area contributed by atoms with Gasteiger partial charge in [-0.2, -0.15) is 0 Å². The molecule has 0 unspecified atom stereocenters. The molecule has 0 amide bonds. The molecule has 1 N–H and O–H groups in total. The highest BCUT2D eigenvalue weighted by Crippen LogP contribution is 2.28. The predicted molar refractivity (Wildman–Crippen MR) is 103 cm³/mol. The molecule has 0 bridgehead atoms. The van der Waals surface area contributed by atoms with E-state index in [1.807, 2.05) is 48.0 Å². The number of nitrogens with one attached hydrogen (secondary N) is 1. The molecule has 7 heteroatoms. The Labute approximate surface area is 154 Å². The molecule has 128 valence electrons. The number of aromatic nitrogens is 4. The second-order valence-electron chi connectivity index (χ2n) is 5.36. The minimum atomic E-state index is 0.518. The standard InChI is InChI=1S/C19H15N5OS/c1-25-15-12-22-18(14-5-2-3-9-20-14)24-19(15)23-17-8-7-13(11-21-17)16-6-4-10-26-16/h2-12H,1H3,(H,21,22,23,24). The van der Waals surface area contributed by atoms with Crippen LogP contribution in [-0.4, -0.2) is 27.0 Å². The SMILES string of the molecule is COc1cnc(-c2ccccn2)nc1Nc1ccc(-c2cccs2)cn1. The van der Waals surface area contributed by atoms with Crippen LogP contribution in [-0.2, 0) is 0 Å². The Balaban J connectivity index is 1.62. The van der Waals surface area contributed by atoms with Gasteiger partial charge in [0, 0.05) is 22.8 Å². The van der Waals surface area contributed by atoms with Gasteiger partial charge in [-0.3, -0.25) is 4.98 Å². The molecule has 0 aliphatic carbocycles. The third-order valence-electron chi connectivity index (χ3n) is 3.68. The lowest BCUT2D eigenvalue weighted by Crippen LogP contribution is -2.02. The van der Waals surface area contributed by atoms with Gasteiger partial charge in [-0.25, -0.2) is 15.0 Å². The van der Waals surface area contributed by atoms with Gasteiger partial charge in [-0.15, -0.1) is 11.3 Å². The van der Waals surface area contributed by atoms with E-state index in [9.17, 15) is 0 Å². The Kier molecular flexibility index (Phi) is 4.53. The summed E-state index contributed by atoms with van der Waals surface area (Å²) in [6.07, 6.45) is 5.17. The molecule has 0 atom stereocenters. The molecule has 0 fully saturated rings. The topological polar surface area (TPSA) is 72.8 Å². The van der Waals surface area contributed by atoms with Gasteiger partial charge in [0.05, 0.1) is 13.3 Å². The molecule has 0 radical (unpaired) electrons. The van der Waals surface area contributed by atoms with Crippen LogP contribution in [0.3, 0.4) is 0 Å². The third-order valence-corrected chi connectivity index (χ3v) is 4.60. The maximum atomic E-state index is 5.36. The van der Waals surface area contributed by atoms with Crippen molar-refractivity contribution < 1.29 is 4.74 Å². The fraction of sp³-hybridized carbons (Fsp3) is 0.0526. The smallest absolute Gasteiger partial charge is 0.180 e. The Morgan fingerprint density at radius 2 is 1.92 bits per heavy atom. The van der Waals surface area contributed by atoms with Gasteiger partial charge < -0.3 is 10.1 Å². The predicted octanol–water partition coefficient (Wildman–Crippen LogP) is 4.41. The highest BCUT2D eigenvalue weighted by atomic mass is 32.1. The van der Waals surface area contributed by atoms with Crippen molar-refractivity contribution in [1.82, 2.24) is 19.9 Å². The normalized spacial score (nSPS) is 10.5. The van der Waals surface area contributed by atoms with Crippen molar-refractivity contribution >= 4 is 23.0 Å². The van der Waals surface area contributed by atoms with Crippen molar-refractivity contribution in [3.63, 3.8) is 0 Å². The first-order chi connectivity index (χ1) is 12.8. The summed E-state index contributed by atoms with van der Waals surface area (Å²) >= 11 is 1.68. The van der Waals surface area contributed by atoms with Crippen molar-refractivity contribution in [2.24, 2.45) is 0 Å². The van der Waals surface area contributed by atoms with E-state index in [2.05, 4.69) is 31.3 Å². The second kappa shape index (κ2) is 7.28. The number of rotatable bonds is 5. The van der Waals surface area contributed by atoms with Gasteiger partial charge in [0.25, 0.3) is 0 Å². The monoisotopic (exact) mass is 361 g/mol. The molecule has 4 rings (SSSR count). The Hall–Kier alpha value is -3.32. The lowest BCUT2D eigenvalue weighted by molar-refractivity contribution is 0.413. The van der Waals surface area contributed by atoms with E-state index in [0.29, 0.717) is 28.9 Å². The number of ether oxygens (including phenoxy) is 1. The van der Waals surface area contributed by atoms with Crippen molar-refractivity contribution in [3.8, 4) is 27.7 Å². The first kappa shape index (κ1) is 16.2. The number of methoxy groups -OCH3 is 1. The van der Waals surface area contributed by atoms with E-state index in [1.165, 1.54) is 4.88 Å². The Bertz CT molecular complexity index is 988. The first-order valence-corrected chi connectivity index (χ1v) is 8.81. The lowest BCUT2D eigenvalue weighted by Gasteiger charge is -2.11. The molecule has 0 aromatic carbocycles. The minimum Gasteiger partial charge on any atom is -0.491 e. The molecular formula is C19H15N5OS. The van der Waals surface area contributed by atoms with Crippen LogP contribution >= 0.6 is 11.3 Å². The zero-order valence-corrected chi connectivity index (χ0v) is 14.8. The van der Waals surface area contributed by atoms with E-state index in [0.717, 1.165) is 5.56 Å². The van der Waals surface area contributed by atoms with Gasteiger partial charge >= 0.3 is 0 Å². The average Bonchev–Trinajstić information content (AvgIpc) is 3.24. The molecule has 4 aromatic rings. The van der Waals surface area contributed by atoms with Crippen LogP contribution in [0, 0.1) is 0 Å². The molecule has 0 aliphatic heterocycles. The summed E-state index contributed by atoms with van der Waals surface area (Å²) in [7, 11) is 1.58. The Morgan fingerprint density at radius 1 is 0.962 bits per heavy atom. The van der Waals surface area contributed by atoms with Gasteiger partial charge in [0.15, 0.2) is 17.4 Å². The maximum absolute atomic E-state index is 5.36. The lowest BCUT2D eigenvalue weighted by atomic mass is 10.2. The van der Waals surface area contributed by atoms with Crippen molar-refractivity contribution in [2.75, 3.05) is 12.4 Å². The average molecular weight is 361 g/mol. The minimum absolute atomic E-state index is 0.518. The van der Waals surface area contributed by atoms with E-state index in [4.69, 9.17) is 4.74 Å². The number of hydrogen-bond donors (Lipinski definition) is 1. The van der Waals surface area contributed by atoms with Gasteiger partial charge in [0.1, 0.15) is 11.5 Å². The molecule has 0 aliphatic rings. The summed E-state index contributed by atoms with van der Waals surface area (Å²) in [4.78, 5) is 18.8. The number of thiophene rings is 1. The third kappa shape index (κ3) is 3.38. The number of hydrogen-bond acceptors (Lipinski definition) is 7. The molecule has 4 heterocycles. The molecule has 4 aromatic heterocycles. The summed E-state index contributed by atoms with van der Waals surface area (Å²) < 4.78 is 5.36. The van der Waals surface area contributed by atoms with E-state index < -0.39 is 0 Å². The molecular weight excluding hydrogens is 346 g/mol. The zero-order chi connectivity index (χ0) is 17.8. The van der Waals surface area contributed by atoms with Crippen molar-refractivity contribution in [3.05, 3.63) is 66.4 Å². The van der Waals surface area contributed by atoms with Crippen LogP contribution in [0.5, 0.6) is 5.75 Å². The number of pyridine rings is 2. The molecule has 0 spiro atoms. The maximum Gasteiger partial charge on any atom is 0.180 e. The fourth-order valence-corrected chi connectivity index (χ4v) is 3.12. The largest absolute Gasteiger partial charge is 0.491 e. The quantitative estimate of drug-likeness (QED) is 0.567. The van der Waals surface area contributed by atoms with Crippen LogP contribution in [0.25, 0.3) is 22.0 Å². The highest BCUT2D eigenvalue weighted by Gasteiger charge is 2.11. The summed E-state index contributed by atoms with van der Waals surface area (Å²) in [6.45, 7) is 0. The van der Waals surface area contributed by atoms with Crippen LogP contribution < -0.4 is 10.1 Å². The van der Waals surface area contributed by atoms with Crippen LogP contribution in [0.4, 0.5) is 11.6 Å². The van der Waals surface area contributed by atoms with E-state index >= 15 is 0 Å². The van der Waals surface area contributed by atoms with E-state index in [-0.39, 0.29) is 0 Å². The summed E-state index contributed by atoms with van der Waals surface area (Å²) in [6, 6.07) is 13.6. The fourth-order valence-electron chi connectivity index (χ4n) is 2.41. The van der Waals surface area contributed by atoms with Crippen LogP contribution in [0.15, 0.2) is 66.4 Å². The Morgan fingerprint density at radius 3 is 2.62 bits per heavy atom. The molecule has 0 saturated carbocycles. The zero-order valence-electron chi connectivity index (χ0n) is 14.0. The summed E-state index contributed by atoms with van der Waals surface area (Å²) in [5.74, 6) is 2.27. The molecule has 26 heavy (non-hydrogen) atoms. The van der Waals surface area contributed by atoms with Crippen molar-refractivity contribution in [2.45, 2.75) is 0 Å². The molecule has 6 nitrogen and oxygen atoms in total. The number of anilines is 2. The second-order valence-corrected chi connectivity index (χ2v) is 6.31. The van der Waals surface area contributed by atoms with Gasteiger partial charge in [0.2, 0.25) is 0 Å². The van der Waals surface area contributed by atoms with Crippen LogP contribution in [0.2, 0.25) is 0 Å². The van der Waals surface area contributed by atoms with E-state index in [1.54, 1.807) is 30.8 Å². The highest BCUT2D eigenvalue weighted by molar-refractivity contribution is 7.13. The first-order valence-electron chi connectivity index (χ1n) is 7.93. The number of nitrogens with zero attached hydrogens (tertiary/aromatic N) is 4.